The summed E-state index contributed by atoms with van der Waals surface area (Å²) in [6.45, 7) is 2.06. The van der Waals surface area contributed by atoms with Gasteiger partial charge in [-0.25, -0.2) is 8.78 Å². The number of benzene rings is 1. The second kappa shape index (κ2) is 5.35. The van der Waals surface area contributed by atoms with Gasteiger partial charge < -0.3 is 5.73 Å². The fourth-order valence-corrected chi connectivity index (χ4v) is 1.09. The molecule has 0 aliphatic rings. The van der Waals surface area contributed by atoms with Gasteiger partial charge in [0.2, 0.25) is 0 Å². The van der Waals surface area contributed by atoms with Gasteiger partial charge in [-0.05, 0) is 12.5 Å². The van der Waals surface area contributed by atoms with Crippen LogP contribution in [0, 0.1) is 23.5 Å². The third kappa shape index (κ3) is 3.25. The third-order valence-corrected chi connectivity index (χ3v) is 1.97. The summed E-state index contributed by atoms with van der Waals surface area (Å²) in [5.41, 5.74) is 6.03. The minimum atomic E-state index is -0.938. The molecule has 1 rings (SSSR count). The Balaban J connectivity index is 2.84. The van der Waals surface area contributed by atoms with E-state index >= 15 is 0 Å². The van der Waals surface area contributed by atoms with E-state index < -0.39 is 11.6 Å². The molecule has 3 heteroatoms. The summed E-state index contributed by atoms with van der Waals surface area (Å²) in [7, 11) is 0. The standard InChI is InChI=1S/C12H13F2N/c1-2-3-4-5-6-9-7-10(13)11(14)8-12(9)15/h7-8H,2-4,15H2,1H3. The zero-order valence-corrected chi connectivity index (χ0v) is 8.61. The number of hydrogen-bond acceptors (Lipinski definition) is 1. The minimum Gasteiger partial charge on any atom is -0.398 e. The van der Waals surface area contributed by atoms with E-state index in [4.69, 9.17) is 5.73 Å². The van der Waals surface area contributed by atoms with E-state index in [2.05, 4.69) is 18.8 Å². The van der Waals surface area contributed by atoms with Gasteiger partial charge in [-0.1, -0.05) is 25.2 Å². The van der Waals surface area contributed by atoms with Crippen molar-refractivity contribution in [3.63, 3.8) is 0 Å². The Morgan fingerprint density at radius 3 is 2.60 bits per heavy atom. The molecule has 0 aliphatic heterocycles. The highest BCUT2D eigenvalue weighted by Gasteiger charge is 2.05. The number of halogens is 2. The zero-order chi connectivity index (χ0) is 11.3. The van der Waals surface area contributed by atoms with Gasteiger partial charge in [0.25, 0.3) is 0 Å². The van der Waals surface area contributed by atoms with Crippen molar-refractivity contribution in [1.29, 1.82) is 0 Å². The number of unbranched alkanes of at least 4 members (excludes halogenated alkanes) is 2. The van der Waals surface area contributed by atoms with Gasteiger partial charge in [-0.2, -0.15) is 0 Å². The van der Waals surface area contributed by atoms with Crippen LogP contribution in [-0.2, 0) is 0 Å². The molecule has 0 atom stereocenters. The quantitative estimate of drug-likeness (QED) is 0.452. The van der Waals surface area contributed by atoms with Crippen molar-refractivity contribution in [3.8, 4) is 11.8 Å². The normalized spacial score (nSPS) is 9.53. The fraction of sp³-hybridized carbons (Fsp3) is 0.333. The highest BCUT2D eigenvalue weighted by Crippen LogP contribution is 2.15. The maximum Gasteiger partial charge on any atom is 0.160 e. The Hall–Kier alpha value is -1.56. The van der Waals surface area contributed by atoms with Crippen molar-refractivity contribution in [1.82, 2.24) is 0 Å². The van der Waals surface area contributed by atoms with Crippen LogP contribution in [0.1, 0.15) is 31.7 Å². The summed E-state index contributed by atoms with van der Waals surface area (Å²) in [6.07, 6.45) is 2.80. The van der Waals surface area contributed by atoms with Crippen LogP contribution in [0.25, 0.3) is 0 Å². The molecule has 0 heterocycles. The molecule has 15 heavy (non-hydrogen) atoms. The number of nitrogen functional groups attached to an aromatic ring is 1. The number of nitrogens with two attached hydrogens (primary N) is 1. The maximum absolute atomic E-state index is 12.8. The molecule has 0 fully saturated rings. The lowest BCUT2D eigenvalue weighted by Gasteiger charge is -1.99. The Morgan fingerprint density at radius 1 is 1.27 bits per heavy atom. The highest BCUT2D eigenvalue weighted by atomic mass is 19.2. The van der Waals surface area contributed by atoms with Crippen molar-refractivity contribution in [2.45, 2.75) is 26.2 Å². The van der Waals surface area contributed by atoms with Crippen LogP contribution in [0.15, 0.2) is 12.1 Å². The van der Waals surface area contributed by atoms with Gasteiger partial charge in [0.15, 0.2) is 11.6 Å². The van der Waals surface area contributed by atoms with Gasteiger partial charge in [0.05, 0.1) is 11.3 Å². The average molecular weight is 209 g/mol. The van der Waals surface area contributed by atoms with E-state index in [1.54, 1.807) is 0 Å². The Labute approximate surface area is 88.3 Å². The molecule has 0 aliphatic carbocycles. The van der Waals surface area contributed by atoms with Crippen LogP contribution >= 0.6 is 0 Å². The first-order valence-electron chi connectivity index (χ1n) is 4.88. The Bertz CT molecular complexity index is 402. The van der Waals surface area contributed by atoms with Gasteiger partial charge in [0, 0.05) is 12.5 Å². The first-order valence-corrected chi connectivity index (χ1v) is 4.88. The maximum atomic E-state index is 12.8. The molecule has 1 nitrogen and oxygen atoms in total. The van der Waals surface area contributed by atoms with Crippen LogP contribution in [0.2, 0.25) is 0 Å². The van der Waals surface area contributed by atoms with E-state index in [9.17, 15) is 8.78 Å². The Kier molecular flexibility index (Phi) is 4.11. The molecule has 0 amide bonds. The average Bonchev–Trinajstić information content (AvgIpc) is 2.20. The molecule has 1 aromatic rings. The Morgan fingerprint density at radius 2 is 1.93 bits per heavy atom. The van der Waals surface area contributed by atoms with Gasteiger partial charge in [-0.3, -0.25) is 0 Å². The molecular formula is C12H13F2N. The molecule has 0 aromatic heterocycles. The first-order chi connectivity index (χ1) is 7.15. The second-order valence-corrected chi connectivity index (χ2v) is 3.26. The second-order valence-electron chi connectivity index (χ2n) is 3.26. The van der Waals surface area contributed by atoms with Crippen molar-refractivity contribution in [2.24, 2.45) is 0 Å². The summed E-state index contributed by atoms with van der Waals surface area (Å²) in [5, 5.41) is 0. The summed E-state index contributed by atoms with van der Waals surface area (Å²) < 4.78 is 25.5. The number of rotatable bonds is 2. The van der Waals surface area contributed by atoms with E-state index in [0.717, 1.165) is 31.4 Å². The molecular weight excluding hydrogens is 196 g/mol. The lowest BCUT2D eigenvalue weighted by molar-refractivity contribution is 0.509. The van der Waals surface area contributed by atoms with Gasteiger partial charge in [-0.15, -0.1) is 0 Å². The molecule has 0 spiro atoms. The zero-order valence-electron chi connectivity index (χ0n) is 8.61. The smallest absolute Gasteiger partial charge is 0.160 e. The summed E-state index contributed by atoms with van der Waals surface area (Å²) >= 11 is 0. The van der Waals surface area contributed by atoms with Crippen LogP contribution in [0.4, 0.5) is 14.5 Å². The molecule has 1 aromatic carbocycles. The first kappa shape index (κ1) is 11.5. The molecule has 0 saturated carbocycles. The van der Waals surface area contributed by atoms with E-state index in [1.165, 1.54) is 0 Å². The molecule has 2 N–H and O–H groups in total. The van der Waals surface area contributed by atoms with E-state index in [0.29, 0.717) is 5.56 Å². The van der Waals surface area contributed by atoms with E-state index in [-0.39, 0.29) is 5.69 Å². The fourth-order valence-electron chi connectivity index (χ4n) is 1.09. The van der Waals surface area contributed by atoms with Crippen LogP contribution in [0.3, 0.4) is 0 Å². The SMILES string of the molecule is CCCCC#Cc1cc(F)c(F)cc1N. The summed E-state index contributed by atoms with van der Waals surface area (Å²) in [5.74, 6) is 3.75. The van der Waals surface area contributed by atoms with Crippen LogP contribution < -0.4 is 5.73 Å². The van der Waals surface area contributed by atoms with Crippen LogP contribution in [-0.4, -0.2) is 0 Å². The largest absolute Gasteiger partial charge is 0.398 e. The third-order valence-electron chi connectivity index (χ3n) is 1.97. The van der Waals surface area contributed by atoms with Gasteiger partial charge >= 0.3 is 0 Å². The lowest BCUT2D eigenvalue weighted by atomic mass is 10.1. The summed E-state index contributed by atoms with van der Waals surface area (Å²) in [4.78, 5) is 0. The minimum absolute atomic E-state index is 0.179. The molecule has 0 saturated heterocycles. The predicted octanol–water partition coefficient (Wildman–Crippen LogP) is 3.09. The molecule has 0 bridgehead atoms. The lowest BCUT2D eigenvalue weighted by Crippen LogP contribution is -1.94. The topological polar surface area (TPSA) is 26.0 Å². The molecule has 80 valence electrons. The van der Waals surface area contributed by atoms with Crippen molar-refractivity contribution in [2.75, 3.05) is 5.73 Å². The van der Waals surface area contributed by atoms with Crippen molar-refractivity contribution >= 4 is 5.69 Å². The van der Waals surface area contributed by atoms with Crippen molar-refractivity contribution < 1.29 is 8.78 Å². The van der Waals surface area contributed by atoms with Crippen LogP contribution in [0.5, 0.6) is 0 Å². The summed E-state index contributed by atoms with van der Waals surface area (Å²) in [6, 6.07) is 1.99. The van der Waals surface area contributed by atoms with Gasteiger partial charge in [0.1, 0.15) is 0 Å². The monoisotopic (exact) mass is 209 g/mol. The molecule has 0 radical (unpaired) electrons. The highest BCUT2D eigenvalue weighted by molar-refractivity contribution is 5.56. The number of hydrogen-bond donors (Lipinski definition) is 1. The van der Waals surface area contributed by atoms with Crippen molar-refractivity contribution in [3.05, 3.63) is 29.3 Å². The predicted molar refractivity (Wildman–Crippen MR) is 57.2 cm³/mol. The number of anilines is 1. The van der Waals surface area contributed by atoms with E-state index in [1.807, 2.05) is 0 Å². The molecule has 0 unspecified atom stereocenters.